The Labute approximate surface area is 121 Å². The third kappa shape index (κ3) is 13.5. The van der Waals surface area contributed by atoms with Crippen LogP contribution in [0.15, 0.2) is 0 Å². The van der Waals surface area contributed by atoms with Gasteiger partial charge in [-0.25, -0.2) is 0 Å². The van der Waals surface area contributed by atoms with E-state index in [-0.39, 0.29) is 0 Å². The summed E-state index contributed by atoms with van der Waals surface area (Å²) in [6.45, 7) is 4.50. The lowest BCUT2D eigenvalue weighted by molar-refractivity contribution is 0.451. The minimum atomic E-state index is 0.429. The molecule has 0 rings (SSSR count). The summed E-state index contributed by atoms with van der Waals surface area (Å²) in [4.78, 5) is 0. The fourth-order valence-electron chi connectivity index (χ4n) is 2.55. The van der Waals surface area contributed by atoms with E-state index in [1.54, 1.807) is 0 Å². The molecular weight excluding hydrogens is 232 g/mol. The maximum Gasteiger partial charge on any atom is 0.176 e. The van der Waals surface area contributed by atoms with Gasteiger partial charge in [-0.1, -0.05) is 84.5 Å². The van der Waals surface area contributed by atoms with Crippen molar-refractivity contribution >= 4 is 0 Å². The number of hydrogen-bond acceptors (Lipinski definition) is 2. The Morgan fingerprint density at radius 2 is 1.16 bits per heavy atom. The van der Waals surface area contributed by atoms with E-state index in [4.69, 9.17) is 5.26 Å². The standard InChI is InChI=1S/C17H34N2/c1-3-5-7-9-11-13-15-17(19-16-18)14-12-10-8-6-4-2/h17,19H,3-15H2,1-2H3. The van der Waals surface area contributed by atoms with Crippen LogP contribution in [0.4, 0.5) is 0 Å². The Morgan fingerprint density at radius 3 is 1.58 bits per heavy atom. The summed E-state index contributed by atoms with van der Waals surface area (Å²) in [5.41, 5.74) is 0. The second-order valence-corrected chi connectivity index (χ2v) is 5.71. The summed E-state index contributed by atoms with van der Waals surface area (Å²) in [5.74, 6) is 0. The molecule has 0 saturated carbocycles. The van der Waals surface area contributed by atoms with E-state index in [9.17, 15) is 0 Å². The molecule has 0 aromatic carbocycles. The molecule has 0 aliphatic rings. The molecule has 1 N–H and O–H groups in total. The Bertz CT molecular complexity index is 208. The van der Waals surface area contributed by atoms with Crippen molar-refractivity contribution in [3.8, 4) is 6.19 Å². The highest BCUT2D eigenvalue weighted by molar-refractivity contribution is 4.76. The minimum absolute atomic E-state index is 0.429. The van der Waals surface area contributed by atoms with Crippen LogP contribution < -0.4 is 5.32 Å². The average molecular weight is 266 g/mol. The second kappa shape index (κ2) is 15.3. The van der Waals surface area contributed by atoms with Gasteiger partial charge in [0.15, 0.2) is 6.19 Å². The first-order chi connectivity index (χ1) is 9.35. The van der Waals surface area contributed by atoms with Gasteiger partial charge in [0.05, 0.1) is 0 Å². The van der Waals surface area contributed by atoms with Crippen LogP contribution in [0, 0.1) is 11.5 Å². The summed E-state index contributed by atoms with van der Waals surface area (Å²) < 4.78 is 0. The summed E-state index contributed by atoms with van der Waals surface area (Å²) in [6.07, 6.45) is 19.1. The first-order valence-corrected chi connectivity index (χ1v) is 8.49. The van der Waals surface area contributed by atoms with Crippen molar-refractivity contribution in [2.75, 3.05) is 0 Å². The van der Waals surface area contributed by atoms with Gasteiger partial charge in [-0.15, -0.1) is 0 Å². The molecule has 112 valence electrons. The van der Waals surface area contributed by atoms with Crippen LogP contribution in [-0.4, -0.2) is 6.04 Å². The molecule has 0 aromatic rings. The lowest BCUT2D eigenvalue weighted by atomic mass is 10.0. The van der Waals surface area contributed by atoms with Crippen molar-refractivity contribution in [1.29, 1.82) is 5.26 Å². The van der Waals surface area contributed by atoms with Crippen LogP contribution in [0.2, 0.25) is 0 Å². The Balaban J connectivity index is 3.48. The monoisotopic (exact) mass is 266 g/mol. The van der Waals surface area contributed by atoms with Crippen LogP contribution in [0.1, 0.15) is 97.3 Å². The van der Waals surface area contributed by atoms with E-state index in [0.717, 1.165) is 0 Å². The predicted molar refractivity (Wildman–Crippen MR) is 83.9 cm³/mol. The summed E-state index contributed by atoms with van der Waals surface area (Å²) in [7, 11) is 0. The maximum atomic E-state index is 8.79. The fraction of sp³-hybridized carbons (Fsp3) is 0.941. The zero-order valence-corrected chi connectivity index (χ0v) is 13.2. The summed E-state index contributed by atoms with van der Waals surface area (Å²) in [6, 6.07) is 0.429. The normalized spacial score (nSPS) is 12.1. The zero-order chi connectivity index (χ0) is 14.2. The van der Waals surface area contributed by atoms with Gasteiger partial charge in [-0.3, -0.25) is 0 Å². The van der Waals surface area contributed by atoms with Crippen molar-refractivity contribution in [2.45, 2.75) is 103 Å². The SMILES string of the molecule is CCCCCCCCC(CCCCCCC)NC#N. The van der Waals surface area contributed by atoms with Gasteiger partial charge in [0.1, 0.15) is 0 Å². The number of hydrogen-bond donors (Lipinski definition) is 1. The molecule has 2 nitrogen and oxygen atoms in total. The second-order valence-electron chi connectivity index (χ2n) is 5.71. The van der Waals surface area contributed by atoms with E-state index in [1.807, 2.05) is 0 Å². The fourth-order valence-corrected chi connectivity index (χ4v) is 2.55. The van der Waals surface area contributed by atoms with E-state index in [0.29, 0.717) is 6.04 Å². The summed E-state index contributed by atoms with van der Waals surface area (Å²) >= 11 is 0. The third-order valence-electron chi connectivity index (χ3n) is 3.83. The number of unbranched alkanes of at least 4 members (excludes halogenated alkanes) is 9. The zero-order valence-electron chi connectivity index (χ0n) is 13.2. The van der Waals surface area contributed by atoms with Gasteiger partial charge < -0.3 is 5.32 Å². The van der Waals surface area contributed by atoms with E-state index in [1.165, 1.54) is 83.5 Å². The van der Waals surface area contributed by atoms with Crippen LogP contribution in [0.25, 0.3) is 0 Å². The van der Waals surface area contributed by atoms with Gasteiger partial charge in [0.25, 0.3) is 0 Å². The third-order valence-corrected chi connectivity index (χ3v) is 3.83. The molecule has 0 saturated heterocycles. The van der Waals surface area contributed by atoms with Crippen LogP contribution in [0.3, 0.4) is 0 Å². The molecular formula is C17H34N2. The van der Waals surface area contributed by atoms with Crippen LogP contribution in [-0.2, 0) is 0 Å². The quantitative estimate of drug-likeness (QED) is 0.255. The van der Waals surface area contributed by atoms with Gasteiger partial charge in [0.2, 0.25) is 0 Å². The van der Waals surface area contributed by atoms with Gasteiger partial charge >= 0.3 is 0 Å². The van der Waals surface area contributed by atoms with Crippen LogP contribution in [0.5, 0.6) is 0 Å². The lowest BCUT2D eigenvalue weighted by Crippen LogP contribution is -2.24. The molecule has 1 atom stereocenters. The molecule has 0 fully saturated rings. The Hall–Kier alpha value is -0.710. The van der Waals surface area contributed by atoms with Crippen molar-refractivity contribution in [2.24, 2.45) is 0 Å². The molecule has 1 unspecified atom stereocenters. The van der Waals surface area contributed by atoms with Crippen molar-refractivity contribution < 1.29 is 0 Å². The highest BCUT2D eigenvalue weighted by atomic mass is 14.9. The van der Waals surface area contributed by atoms with E-state index < -0.39 is 0 Å². The molecule has 0 aromatic heterocycles. The van der Waals surface area contributed by atoms with Gasteiger partial charge in [0, 0.05) is 6.04 Å². The first kappa shape index (κ1) is 18.3. The minimum Gasteiger partial charge on any atom is -0.321 e. The highest BCUT2D eigenvalue weighted by Gasteiger charge is 2.06. The molecule has 0 aliphatic carbocycles. The largest absolute Gasteiger partial charge is 0.321 e. The van der Waals surface area contributed by atoms with Crippen LogP contribution >= 0.6 is 0 Å². The molecule has 0 aliphatic heterocycles. The highest BCUT2D eigenvalue weighted by Crippen LogP contribution is 2.13. The van der Waals surface area contributed by atoms with Gasteiger partial charge in [-0.2, -0.15) is 5.26 Å². The lowest BCUT2D eigenvalue weighted by Gasteiger charge is -2.14. The molecule has 19 heavy (non-hydrogen) atoms. The maximum absolute atomic E-state index is 8.79. The van der Waals surface area contributed by atoms with E-state index >= 15 is 0 Å². The predicted octanol–water partition coefficient (Wildman–Crippen LogP) is 5.54. The molecule has 0 radical (unpaired) electrons. The van der Waals surface area contributed by atoms with Crippen molar-refractivity contribution in [1.82, 2.24) is 5.32 Å². The summed E-state index contributed by atoms with van der Waals surface area (Å²) in [5, 5.41) is 11.8. The average Bonchev–Trinajstić information content (AvgIpc) is 2.42. The number of rotatable bonds is 14. The van der Waals surface area contributed by atoms with E-state index in [2.05, 4.69) is 25.4 Å². The Kier molecular flexibility index (Phi) is 14.8. The number of nitrogens with one attached hydrogen (secondary N) is 1. The molecule has 2 heteroatoms. The molecule has 0 amide bonds. The first-order valence-electron chi connectivity index (χ1n) is 8.49. The van der Waals surface area contributed by atoms with Crippen molar-refractivity contribution in [3.05, 3.63) is 0 Å². The molecule has 0 heterocycles. The number of nitrogens with zero attached hydrogens (tertiary/aromatic N) is 1. The van der Waals surface area contributed by atoms with Crippen molar-refractivity contribution in [3.63, 3.8) is 0 Å². The molecule has 0 bridgehead atoms. The molecule has 0 spiro atoms. The van der Waals surface area contributed by atoms with Gasteiger partial charge in [-0.05, 0) is 12.8 Å². The topological polar surface area (TPSA) is 35.8 Å². The Morgan fingerprint density at radius 1 is 0.737 bits per heavy atom. The number of nitriles is 1. The smallest absolute Gasteiger partial charge is 0.176 e.